The second kappa shape index (κ2) is 11.4. The molecule has 2 aromatic carbocycles. The second-order valence-electron chi connectivity index (χ2n) is 7.90. The zero-order valence-corrected chi connectivity index (χ0v) is 18.4. The highest BCUT2D eigenvalue weighted by Gasteiger charge is 2.23. The Labute approximate surface area is 179 Å². The van der Waals surface area contributed by atoms with Crippen molar-refractivity contribution in [2.24, 2.45) is 0 Å². The lowest BCUT2D eigenvalue weighted by Crippen LogP contribution is -2.20. The normalized spacial score (nSPS) is 13.7. The van der Waals surface area contributed by atoms with Gasteiger partial charge < -0.3 is 19.7 Å². The van der Waals surface area contributed by atoms with Crippen LogP contribution in [0.1, 0.15) is 51.2 Å². The van der Waals surface area contributed by atoms with E-state index in [-0.39, 0.29) is 17.9 Å². The summed E-state index contributed by atoms with van der Waals surface area (Å²) in [6.45, 7) is 6.96. The second-order valence-corrected chi connectivity index (χ2v) is 8.21. The maximum absolute atomic E-state index is 9.92. The Bertz CT molecular complexity index is 713. The van der Waals surface area contributed by atoms with Crippen LogP contribution in [0.4, 0.5) is 0 Å². The average Bonchev–Trinajstić information content (AvgIpc) is 2.75. The maximum Gasteiger partial charge on any atom is 0.119 e. The molecule has 29 heavy (non-hydrogen) atoms. The minimum Gasteiger partial charge on any atom is -0.491 e. The molecule has 2 aromatic rings. The molecule has 0 aromatic heterocycles. The number of ether oxygens (including phenoxy) is 2. The molecule has 2 N–H and O–H groups in total. The van der Waals surface area contributed by atoms with Crippen LogP contribution in [0.5, 0.6) is 11.5 Å². The summed E-state index contributed by atoms with van der Waals surface area (Å²) in [4.78, 5) is 0. The van der Waals surface area contributed by atoms with E-state index in [9.17, 15) is 10.2 Å². The summed E-state index contributed by atoms with van der Waals surface area (Å²) >= 11 is 5.59. The molecule has 0 fully saturated rings. The molecule has 0 radical (unpaired) electrons. The fourth-order valence-corrected chi connectivity index (χ4v) is 3.14. The molecule has 5 heteroatoms. The van der Waals surface area contributed by atoms with E-state index in [1.807, 2.05) is 36.4 Å². The number of hydrogen-bond acceptors (Lipinski definition) is 4. The molecule has 0 aliphatic heterocycles. The number of aliphatic hydroxyl groups excluding tert-OH is 2. The largest absolute Gasteiger partial charge is 0.491 e. The Hall–Kier alpha value is -1.75. The topological polar surface area (TPSA) is 58.9 Å². The van der Waals surface area contributed by atoms with E-state index in [1.165, 1.54) is 5.56 Å². The van der Waals surface area contributed by atoms with Gasteiger partial charge in [0.15, 0.2) is 0 Å². The average molecular weight is 421 g/mol. The molecular formula is C24H33ClO4. The third-order valence-electron chi connectivity index (χ3n) is 5.11. The SMILES string of the molecule is CCCCC(O)COc1ccc(C(C)(C)c2ccc(OCC(O)CCl)cc2)cc1. The molecule has 0 saturated carbocycles. The van der Waals surface area contributed by atoms with Crippen LogP contribution < -0.4 is 9.47 Å². The monoisotopic (exact) mass is 420 g/mol. The van der Waals surface area contributed by atoms with Crippen molar-refractivity contribution >= 4 is 11.6 Å². The van der Waals surface area contributed by atoms with Gasteiger partial charge in [-0.2, -0.15) is 0 Å². The van der Waals surface area contributed by atoms with Crippen LogP contribution in [0.3, 0.4) is 0 Å². The van der Waals surface area contributed by atoms with Crippen molar-refractivity contribution < 1.29 is 19.7 Å². The summed E-state index contributed by atoms with van der Waals surface area (Å²) in [6, 6.07) is 15.9. The number of rotatable bonds is 12. The lowest BCUT2D eigenvalue weighted by atomic mass is 9.78. The number of hydrogen-bond donors (Lipinski definition) is 2. The highest BCUT2D eigenvalue weighted by molar-refractivity contribution is 6.18. The van der Waals surface area contributed by atoms with Crippen molar-refractivity contribution in [3.05, 3.63) is 59.7 Å². The number of benzene rings is 2. The van der Waals surface area contributed by atoms with Crippen molar-refractivity contribution in [3.8, 4) is 11.5 Å². The summed E-state index contributed by atoms with van der Waals surface area (Å²) in [6.07, 6.45) is 1.77. The summed E-state index contributed by atoms with van der Waals surface area (Å²) in [7, 11) is 0. The third-order valence-corrected chi connectivity index (χ3v) is 5.46. The number of unbranched alkanes of at least 4 members (excludes halogenated alkanes) is 1. The minimum atomic E-state index is -0.665. The quantitative estimate of drug-likeness (QED) is 0.478. The molecule has 0 saturated heterocycles. The van der Waals surface area contributed by atoms with E-state index in [4.69, 9.17) is 21.1 Å². The predicted molar refractivity (Wildman–Crippen MR) is 118 cm³/mol. The molecule has 160 valence electrons. The van der Waals surface area contributed by atoms with Gasteiger partial charge in [0.05, 0.1) is 12.0 Å². The first-order valence-corrected chi connectivity index (χ1v) is 10.8. The molecule has 2 atom stereocenters. The lowest BCUT2D eigenvalue weighted by Gasteiger charge is -2.26. The van der Waals surface area contributed by atoms with Crippen molar-refractivity contribution in [2.75, 3.05) is 19.1 Å². The van der Waals surface area contributed by atoms with Gasteiger partial charge in [-0.1, -0.05) is 57.9 Å². The fourth-order valence-electron chi connectivity index (χ4n) is 3.05. The van der Waals surface area contributed by atoms with Crippen LogP contribution in [0, 0.1) is 0 Å². The van der Waals surface area contributed by atoms with Crippen LogP contribution >= 0.6 is 11.6 Å². The Morgan fingerprint density at radius 3 is 1.69 bits per heavy atom. The predicted octanol–water partition coefficient (Wildman–Crippen LogP) is 4.92. The zero-order chi connectivity index (χ0) is 21.3. The highest BCUT2D eigenvalue weighted by atomic mass is 35.5. The summed E-state index contributed by atoms with van der Waals surface area (Å²) in [5.41, 5.74) is 2.14. The van der Waals surface area contributed by atoms with Crippen LogP contribution in [-0.2, 0) is 5.41 Å². The third kappa shape index (κ3) is 7.22. The van der Waals surface area contributed by atoms with Gasteiger partial charge in [0.2, 0.25) is 0 Å². The summed E-state index contributed by atoms with van der Waals surface area (Å²) in [5, 5.41) is 19.4. The fraction of sp³-hybridized carbons (Fsp3) is 0.500. The van der Waals surface area contributed by atoms with E-state index < -0.39 is 12.2 Å². The molecule has 2 unspecified atom stereocenters. The van der Waals surface area contributed by atoms with E-state index >= 15 is 0 Å². The van der Waals surface area contributed by atoms with Gasteiger partial charge in [-0.15, -0.1) is 11.6 Å². The molecular weight excluding hydrogens is 388 g/mol. The molecule has 0 heterocycles. The van der Waals surface area contributed by atoms with E-state index in [1.54, 1.807) is 0 Å². The van der Waals surface area contributed by atoms with E-state index in [2.05, 4.69) is 32.9 Å². The first-order valence-electron chi connectivity index (χ1n) is 10.3. The minimum absolute atomic E-state index is 0.155. The van der Waals surface area contributed by atoms with Crippen molar-refractivity contribution in [1.29, 1.82) is 0 Å². The van der Waals surface area contributed by atoms with E-state index in [0.717, 1.165) is 30.6 Å². The van der Waals surface area contributed by atoms with Crippen LogP contribution in [0.15, 0.2) is 48.5 Å². The molecule has 0 aliphatic carbocycles. The molecule has 4 nitrogen and oxygen atoms in total. The Morgan fingerprint density at radius 2 is 1.28 bits per heavy atom. The maximum atomic E-state index is 9.92. The van der Waals surface area contributed by atoms with Gasteiger partial charge >= 0.3 is 0 Å². The van der Waals surface area contributed by atoms with E-state index in [0.29, 0.717) is 12.4 Å². The molecule has 0 aliphatic rings. The summed E-state index contributed by atoms with van der Waals surface area (Å²) < 4.78 is 11.3. The first-order chi connectivity index (χ1) is 13.9. The van der Waals surface area contributed by atoms with Crippen LogP contribution in [0.25, 0.3) is 0 Å². The molecule has 0 spiro atoms. The molecule has 2 rings (SSSR count). The zero-order valence-electron chi connectivity index (χ0n) is 17.6. The standard InChI is InChI=1S/C24H33ClO4/c1-4-5-6-20(26)16-28-22-11-7-18(8-12-22)24(2,3)19-9-13-23(14-10-19)29-17-21(27)15-25/h7-14,20-21,26-27H,4-6,15-17H2,1-3H3. The van der Waals surface area contributed by atoms with Crippen LogP contribution in [-0.4, -0.2) is 41.5 Å². The van der Waals surface area contributed by atoms with Crippen molar-refractivity contribution in [3.63, 3.8) is 0 Å². The van der Waals surface area contributed by atoms with Crippen molar-refractivity contribution in [2.45, 2.75) is 57.7 Å². The Morgan fingerprint density at radius 1 is 0.828 bits per heavy atom. The lowest BCUT2D eigenvalue weighted by molar-refractivity contribution is 0.0980. The first kappa shape index (κ1) is 23.5. The van der Waals surface area contributed by atoms with Gasteiger partial charge in [0.25, 0.3) is 0 Å². The molecule has 0 bridgehead atoms. The Balaban J connectivity index is 1.97. The smallest absolute Gasteiger partial charge is 0.119 e. The van der Waals surface area contributed by atoms with Gasteiger partial charge in [0.1, 0.15) is 30.8 Å². The highest BCUT2D eigenvalue weighted by Crippen LogP contribution is 2.33. The van der Waals surface area contributed by atoms with Gasteiger partial charge in [0, 0.05) is 5.41 Å². The number of alkyl halides is 1. The number of halogens is 1. The number of aliphatic hydroxyl groups is 2. The molecule has 0 amide bonds. The van der Waals surface area contributed by atoms with Gasteiger partial charge in [-0.05, 0) is 41.8 Å². The summed E-state index contributed by atoms with van der Waals surface area (Å²) in [5.74, 6) is 1.63. The van der Waals surface area contributed by atoms with Crippen molar-refractivity contribution in [1.82, 2.24) is 0 Å². The van der Waals surface area contributed by atoms with Gasteiger partial charge in [-0.25, -0.2) is 0 Å². The Kier molecular flexibility index (Phi) is 9.28. The van der Waals surface area contributed by atoms with Crippen LogP contribution in [0.2, 0.25) is 0 Å². The van der Waals surface area contributed by atoms with Gasteiger partial charge in [-0.3, -0.25) is 0 Å².